The molecule has 1 aliphatic rings. The predicted octanol–water partition coefficient (Wildman–Crippen LogP) is 4.07. The van der Waals surface area contributed by atoms with Gasteiger partial charge in [-0.05, 0) is 23.1 Å². The highest BCUT2D eigenvalue weighted by molar-refractivity contribution is 7.10. The first-order chi connectivity index (χ1) is 10.4. The van der Waals surface area contributed by atoms with E-state index in [9.17, 15) is 0 Å². The van der Waals surface area contributed by atoms with E-state index in [1.165, 1.54) is 21.3 Å². The molecule has 0 aliphatic carbocycles. The van der Waals surface area contributed by atoms with Gasteiger partial charge < -0.3 is 10.3 Å². The molecule has 124 valence electrons. The number of nitrogens with zero attached hydrogens (tertiary/aromatic N) is 1. The van der Waals surface area contributed by atoms with Crippen LogP contribution in [0.3, 0.4) is 0 Å². The lowest BCUT2D eigenvalue weighted by Gasteiger charge is -2.34. The summed E-state index contributed by atoms with van der Waals surface area (Å²) in [6.45, 7) is 4.35. The Balaban J connectivity index is 0.000000960. The Labute approximate surface area is 152 Å². The van der Waals surface area contributed by atoms with E-state index in [2.05, 4.69) is 63.2 Å². The van der Waals surface area contributed by atoms with Crippen molar-refractivity contribution in [3.05, 3.63) is 58.4 Å². The summed E-state index contributed by atoms with van der Waals surface area (Å²) >= 11 is 1.86. The quantitative estimate of drug-likeness (QED) is 0.728. The van der Waals surface area contributed by atoms with Crippen LogP contribution in [-0.4, -0.2) is 36.1 Å². The van der Waals surface area contributed by atoms with Crippen molar-refractivity contribution >= 4 is 47.1 Å². The first kappa shape index (κ1) is 18.3. The molecule has 0 bridgehead atoms. The Morgan fingerprint density at radius 3 is 2.52 bits per heavy atom. The smallest absolute Gasteiger partial charge is 0.0717 e. The van der Waals surface area contributed by atoms with Crippen LogP contribution in [-0.2, 0) is 0 Å². The van der Waals surface area contributed by atoms with Gasteiger partial charge in [-0.25, -0.2) is 0 Å². The number of aromatic nitrogens is 1. The second-order valence-corrected chi connectivity index (χ2v) is 6.47. The molecular weight excluding hydrogens is 349 g/mol. The third kappa shape index (κ3) is 3.57. The summed E-state index contributed by atoms with van der Waals surface area (Å²) in [6, 6.07) is 13.4. The summed E-state index contributed by atoms with van der Waals surface area (Å²) in [4.78, 5) is 7.46. The number of aromatic amines is 1. The number of para-hydroxylation sites is 1. The van der Waals surface area contributed by atoms with Gasteiger partial charge in [-0.1, -0.05) is 24.3 Å². The van der Waals surface area contributed by atoms with Gasteiger partial charge in [0.2, 0.25) is 0 Å². The Hall–Kier alpha value is -1.04. The second kappa shape index (κ2) is 8.18. The molecule has 0 radical (unpaired) electrons. The third-order valence-electron chi connectivity index (χ3n) is 4.25. The van der Waals surface area contributed by atoms with Gasteiger partial charge >= 0.3 is 0 Å². The molecule has 3 aromatic rings. The van der Waals surface area contributed by atoms with Crippen LogP contribution in [0, 0.1) is 0 Å². The Bertz CT molecular complexity index is 720. The Morgan fingerprint density at radius 2 is 1.78 bits per heavy atom. The zero-order valence-electron chi connectivity index (χ0n) is 12.7. The lowest BCUT2D eigenvalue weighted by atomic mass is 10.0. The van der Waals surface area contributed by atoms with Gasteiger partial charge in [0.15, 0.2) is 0 Å². The van der Waals surface area contributed by atoms with Gasteiger partial charge in [-0.3, -0.25) is 4.90 Å². The van der Waals surface area contributed by atoms with Crippen LogP contribution < -0.4 is 5.32 Å². The van der Waals surface area contributed by atoms with Crippen molar-refractivity contribution in [2.24, 2.45) is 0 Å². The fraction of sp³-hybridized carbons (Fsp3) is 0.294. The number of hydrogen-bond acceptors (Lipinski definition) is 3. The van der Waals surface area contributed by atoms with Crippen LogP contribution in [0.2, 0.25) is 0 Å². The molecule has 3 nitrogen and oxygen atoms in total. The number of H-pyrrole nitrogens is 1. The van der Waals surface area contributed by atoms with Crippen molar-refractivity contribution in [1.29, 1.82) is 0 Å². The summed E-state index contributed by atoms with van der Waals surface area (Å²) in [7, 11) is 0. The van der Waals surface area contributed by atoms with E-state index in [1.54, 1.807) is 0 Å². The minimum atomic E-state index is 0. The van der Waals surface area contributed by atoms with Crippen molar-refractivity contribution in [3.63, 3.8) is 0 Å². The zero-order chi connectivity index (χ0) is 14.1. The lowest BCUT2D eigenvalue weighted by molar-refractivity contribution is 0.201. The molecule has 3 heterocycles. The molecule has 23 heavy (non-hydrogen) atoms. The van der Waals surface area contributed by atoms with Gasteiger partial charge in [0.25, 0.3) is 0 Å². The summed E-state index contributed by atoms with van der Waals surface area (Å²) in [5, 5.41) is 6.97. The van der Waals surface area contributed by atoms with E-state index in [1.807, 2.05) is 11.3 Å². The molecule has 1 aliphatic heterocycles. The molecule has 2 aromatic heterocycles. The Kier molecular flexibility index (Phi) is 6.50. The van der Waals surface area contributed by atoms with Crippen LogP contribution in [0.25, 0.3) is 10.9 Å². The van der Waals surface area contributed by atoms with Crippen molar-refractivity contribution in [2.45, 2.75) is 6.04 Å². The van der Waals surface area contributed by atoms with Crippen molar-refractivity contribution in [3.8, 4) is 0 Å². The van der Waals surface area contributed by atoms with E-state index >= 15 is 0 Å². The molecule has 0 spiro atoms. The highest BCUT2D eigenvalue weighted by atomic mass is 35.5. The molecule has 0 amide bonds. The van der Waals surface area contributed by atoms with Gasteiger partial charge in [-0.15, -0.1) is 36.2 Å². The van der Waals surface area contributed by atoms with E-state index in [-0.39, 0.29) is 24.8 Å². The summed E-state index contributed by atoms with van der Waals surface area (Å²) in [5.74, 6) is 0. The van der Waals surface area contributed by atoms with Crippen LogP contribution in [0.5, 0.6) is 0 Å². The third-order valence-corrected chi connectivity index (χ3v) is 5.17. The van der Waals surface area contributed by atoms with Gasteiger partial charge in [0.1, 0.15) is 0 Å². The highest BCUT2D eigenvalue weighted by Gasteiger charge is 2.26. The normalized spacial score (nSPS) is 16.5. The monoisotopic (exact) mass is 369 g/mol. The van der Waals surface area contributed by atoms with Gasteiger partial charge in [0.05, 0.1) is 6.04 Å². The maximum atomic E-state index is 3.45. The molecule has 2 N–H and O–H groups in total. The van der Waals surface area contributed by atoms with Crippen LogP contribution in [0.1, 0.15) is 16.5 Å². The fourth-order valence-electron chi connectivity index (χ4n) is 3.24. The summed E-state index contributed by atoms with van der Waals surface area (Å²) in [5.41, 5.74) is 2.62. The molecule has 1 aromatic carbocycles. The number of hydrogen-bond donors (Lipinski definition) is 2. The van der Waals surface area contributed by atoms with Crippen LogP contribution in [0.15, 0.2) is 48.0 Å². The number of thiophene rings is 1. The second-order valence-electron chi connectivity index (χ2n) is 5.49. The lowest BCUT2D eigenvalue weighted by Crippen LogP contribution is -2.45. The number of rotatable bonds is 3. The summed E-state index contributed by atoms with van der Waals surface area (Å²) in [6.07, 6.45) is 2.19. The molecule has 0 saturated carbocycles. The van der Waals surface area contributed by atoms with E-state index in [0.717, 1.165) is 26.2 Å². The predicted molar refractivity (Wildman–Crippen MR) is 103 cm³/mol. The average Bonchev–Trinajstić information content (AvgIpc) is 3.20. The number of halogens is 2. The van der Waals surface area contributed by atoms with Crippen LogP contribution >= 0.6 is 36.2 Å². The number of nitrogens with one attached hydrogen (secondary N) is 2. The summed E-state index contributed by atoms with van der Waals surface area (Å²) < 4.78 is 0. The highest BCUT2D eigenvalue weighted by Crippen LogP contribution is 2.35. The minimum Gasteiger partial charge on any atom is -0.361 e. The molecule has 4 rings (SSSR count). The fourth-order valence-corrected chi connectivity index (χ4v) is 4.11. The first-order valence-corrected chi connectivity index (χ1v) is 8.35. The Morgan fingerprint density at radius 1 is 1.00 bits per heavy atom. The number of fused-ring (bicyclic) bond motifs is 1. The molecule has 6 heteroatoms. The zero-order valence-corrected chi connectivity index (χ0v) is 15.1. The molecule has 1 fully saturated rings. The maximum Gasteiger partial charge on any atom is 0.0717 e. The van der Waals surface area contributed by atoms with Crippen molar-refractivity contribution in [2.75, 3.05) is 26.2 Å². The van der Waals surface area contributed by atoms with Gasteiger partial charge in [-0.2, -0.15) is 0 Å². The topological polar surface area (TPSA) is 31.1 Å². The number of benzene rings is 1. The molecule has 1 saturated heterocycles. The SMILES string of the molecule is Cl.Cl.c1csc([C@@H](c2c[nH]c3ccccc23)N2CCNCC2)c1. The molecule has 0 unspecified atom stereocenters. The van der Waals surface area contributed by atoms with Gasteiger partial charge in [0, 0.05) is 48.2 Å². The standard InChI is InChI=1S/C17H19N3S.2ClH/c1-2-5-15-13(4-1)14(12-19-15)17(16-6-3-11-21-16)20-9-7-18-8-10-20;;/h1-6,11-12,17-19H,7-10H2;2*1H/t17-;;/m1../s1. The van der Waals surface area contributed by atoms with E-state index in [0.29, 0.717) is 6.04 Å². The minimum absolute atomic E-state index is 0. The molecular formula is C17H21Cl2N3S. The van der Waals surface area contributed by atoms with E-state index < -0.39 is 0 Å². The maximum absolute atomic E-state index is 3.45. The largest absolute Gasteiger partial charge is 0.361 e. The number of piperazine rings is 1. The molecule has 1 atom stereocenters. The van der Waals surface area contributed by atoms with Crippen molar-refractivity contribution in [1.82, 2.24) is 15.2 Å². The van der Waals surface area contributed by atoms with Crippen LogP contribution in [0.4, 0.5) is 0 Å². The van der Waals surface area contributed by atoms with E-state index in [4.69, 9.17) is 0 Å². The average molecular weight is 370 g/mol. The van der Waals surface area contributed by atoms with Crippen molar-refractivity contribution < 1.29 is 0 Å². The first-order valence-electron chi connectivity index (χ1n) is 7.47.